The zero-order valence-corrected chi connectivity index (χ0v) is 13.4. The minimum Gasteiger partial charge on any atom is -0.490 e. The Bertz CT molecular complexity index is 443. The van der Waals surface area contributed by atoms with E-state index in [2.05, 4.69) is 32.2 Å². The third-order valence-corrected chi connectivity index (χ3v) is 4.44. The Hall–Kier alpha value is -0.710. The van der Waals surface area contributed by atoms with E-state index in [1.54, 1.807) is 0 Å². The number of aryl methyl sites for hydroxylation is 1. The van der Waals surface area contributed by atoms with Crippen molar-refractivity contribution in [2.45, 2.75) is 50.2 Å². The lowest BCUT2D eigenvalue weighted by molar-refractivity contribution is 0.0986. The lowest BCUT2D eigenvalue weighted by Crippen LogP contribution is -2.42. The number of hydrogen-bond acceptors (Lipinski definition) is 4. The first-order chi connectivity index (χ1) is 9.46. The Labute approximate surface area is 126 Å². The van der Waals surface area contributed by atoms with Crippen molar-refractivity contribution in [1.82, 2.24) is 5.32 Å². The molecular weight excluding hydrogens is 270 g/mol. The molecule has 0 amide bonds. The number of ether oxygens (including phenoxy) is 1. The molecule has 0 unspecified atom stereocenters. The molecule has 0 fully saturated rings. The number of benzene rings is 1. The Balaban J connectivity index is 1.88. The summed E-state index contributed by atoms with van der Waals surface area (Å²) in [5.74, 6) is 2.07. The molecular formula is C16H25NO2S. The Morgan fingerprint density at radius 2 is 2.20 bits per heavy atom. The maximum atomic E-state index is 9.98. The quantitative estimate of drug-likeness (QED) is 0.876. The molecule has 0 saturated heterocycles. The number of nitrogens with one attached hydrogen (secondary N) is 1. The Morgan fingerprint density at radius 3 is 2.95 bits per heavy atom. The van der Waals surface area contributed by atoms with Gasteiger partial charge < -0.3 is 15.2 Å². The summed E-state index contributed by atoms with van der Waals surface area (Å²) in [6.45, 7) is 7.14. The summed E-state index contributed by atoms with van der Waals surface area (Å²) in [6, 6.07) is 6.22. The molecule has 2 N–H and O–H groups in total. The van der Waals surface area contributed by atoms with Crippen LogP contribution in [0.1, 0.15) is 32.8 Å². The van der Waals surface area contributed by atoms with Crippen LogP contribution in [0.25, 0.3) is 0 Å². The van der Waals surface area contributed by atoms with Gasteiger partial charge in [0.05, 0.1) is 4.90 Å². The maximum Gasteiger partial charge on any atom is 0.133 e. The number of β-amino-alcohol motifs (C(OH)–C–C–N with tert-alkyl or cyclic N) is 1. The normalized spacial score (nSPS) is 16.6. The summed E-state index contributed by atoms with van der Waals surface area (Å²) in [6.07, 6.45) is 1.88. The average Bonchev–Trinajstić information content (AvgIpc) is 2.42. The number of rotatable bonds is 5. The number of aliphatic hydroxyl groups is 1. The molecule has 4 heteroatoms. The van der Waals surface area contributed by atoms with Crippen LogP contribution in [0, 0.1) is 0 Å². The van der Waals surface area contributed by atoms with E-state index in [4.69, 9.17) is 4.74 Å². The van der Waals surface area contributed by atoms with E-state index in [1.807, 2.05) is 23.9 Å². The molecule has 0 saturated carbocycles. The molecule has 0 aromatic heterocycles. The summed E-state index contributed by atoms with van der Waals surface area (Å²) >= 11 is 1.86. The van der Waals surface area contributed by atoms with Crippen molar-refractivity contribution in [3.8, 4) is 5.75 Å². The minimum atomic E-state index is -0.487. The third kappa shape index (κ3) is 4.69. The molecule has 0 spiro atoms. The molecule has 1 aliphatic rings. The second-order valence-electron chi connectivity index (χ2n) is 6.29. The average molecular weight is 295 g/mol. The third-order valence-electron chi connectivity index (χ3n) is 3.20. The van der Waals surface area contributed by atoms with Crippen LogP contribution in [0.5, 0.6) is 5.75 Å². The van der Waals surface area contributed by atoms with Gasteiger partial charge >= 0.3 is 0 Å². The molecule has 112 valence electrons. The van der Waals surface area contributed by atoms with E-state index in [0.717, 1.165) is 17.9 Å². The predicted octanol–water partition coefficient (Wildman–Crippen LogP) is 2.85. The van der Waals surface area contributed by atoms with E-state index in [-0.39, 0.29) is 5.54 Å². The lowest BCUT2D eigenvalue weighted by atomic mass is 10.1. The SMILES string of the molecule is CC(C)(C)NC[C@H](O)COc1cccc2c1SCCC2. The molecule has 2 rings (SSSR count). The van der Waals surface area contributed by atoms with Gasteiger partial charge in [0, 0.05) is 12.1 Å². The number of hydrogen-bond donors (Lipinski definition) is 2. The highest BCUT2D eigenvalue weighted by molar-refractivity contribution is 7.99. The van der Waals surface area contributed by atoms with Crippen LogP contribution in [0.15, 0.2) is 23.1 Å². The van der Waals surface area contributed by atoms with Crippen LogP contribution in [-0.4, -0.2) is 35.7 Å². The van der Waals surface area contributed by atoms with Gasteiger partial charge in [0.25, 0.3) is 0 Å². The smallest absolute Gasteiger partial charge is 0.133 e. The van der Waals surface area contributed by atoms with E-state index in [9.17, 15) is 5.11 Å². The van der Waals surface area contributed by atoms with Gasteiger partial charge in [0.1, 0.15) is 18.5 Å². The standard InChI is InChI=1S/C16H25NO2S/c1-16(2,3)17-10-13(18)11-19-14-8-4-6-12-7-5-9-20-15(12)14/h4,6,8,13,17-18H,5,7,9-11H2,1-3H3/t13-/m0/s1. The maximum absolute atomic E-state index is 9.98. The number of fused-ring (bicyclic) bond motifs is 1. The van der Waals surface area contributed by atoms with Gasteiger partial charge in [-0.2, -0.15) is 0 Å². The van der Waals surface area contributed by atoms with Crippen molar-refractivity contribution in [2.24, 2.45) is 0 Å². The van der Waals surface area contributed by atoms with Crippen LogP contribution in [0.4, 0.5) is 0 Å². The van der Waals surface area contributed by atoms with Crippen LogP contribution < -0.4 is 10.1 Å². The fourth-order valence-corrected chi connectivity index (χ4v) is 3.26. The van der Waals surface area contributed by atoms with Crippen LogP contribution >= 0.6 is 11.8 Å². The molecule has 3 nitrogen and oxygen atoms in total. The zero-order valence-electron chi connectivity index (χ0n) is 12.6. The molecule has 0 aliphatic carbocycles. The van der Waals surface area contributed by atoms with E-state index < -0.39 is 6.10 Å². The lowest BCUT2D eigenvalue weighted by Gasteiger charge is -2.24. The van der Waals surface area contributed by atoms with Crippen LogP contribution in [0.3, 0.4) is 0 Å². The van der Waals surface area contributed by atoms with Crippen LogP contribution in [0.2, 0.25) is 0 Å². The van der Waals surface area contributed by atoms with Gasteiger partial charge in [0.2, 0.25) is 0 Å². The van der Waals surface area contributed by atoms with E-state index in [1.165, 1.54) is 16.9 Å². The zero-order chi connectivity index (χ0) is 14.6. The first kappa shape index (κ1) is 15.7. The van der Waals surface area contributed by atoms with Gasteiger partial charge in [-0.15, -0.1) is 11.8 Å². The molecule has 1 aromatic rings. The van der Waals surface area contributed by atoms with Crippen molar-refractivity contribution in [2.75, 3.05) is 18.9 Å². The van der Waals surface area contributed by atoms with Crippen LogP contribution in [-0.2, 0) is 6.42 Å². The predicted molar refractivity (Wildman–Crippen MR) is 84.7 cm³/mol. The van der Waals surface area contributed by atoms with Gasteiger partial charge in [-0.3, -0.25) is 0 Å². The van der Waals surface area contributed by atoms with Gasteiger partial charge in [-0.25, -0.2) is 0 Å². The molecule has 0 bridgehead atoms. The fraction of sp³-hybridized carbons (Fsp3) is 0.625. The topological polar surface area (TPSA) is 41.5 Å². The molecule has 1 atom stereocenters. The summed E-state index contributed by atoms with van der Waals surface area (Å²) in [7, 11) is 0. The highest BCUT2D eigenvalue weighted by Crippen LogP contribution is 2.37. The Kier molecular flexibility index (Phi) is 5.35. The summed E-state index contributed by atoms with van der Waals surface area (Å²) in [4.78, 5) is 1.26. The summed E-state index contributed by atoms with van der Waals surface area (Å²) in [5, 5.41) is 13.3. The van der Waals surface area contributed by atoms with Crippen molar-refractivity contribution < 1.29 is 9.84 Å². The molecule has 1 heterocycles. The molecule has 20 heavy (non-hydrogen) atoms. The highest BCUT2D eigenvalue weighted by Gasteiger charge is 2.16. The molecule has 1 aliphatic heterocycles. The van der Waals surface area contributed by atoms with Crippen molar-refractivity contribution in [1.29, 1.82) is 0 Å². The first-order valence-corrected chi connectivity index (χ1v) is 8.25. The number of aliphatic hydroxyl groups excluding tert-OH is 1. The second kappa shape index (κ2) is 6.83. The van der Waals surface area contributed by atoms with Gasteiger partial charge in [0.15, 0.2) is 0 Å². The Morgan fingerprint density at radius 1 is 1.40 bits per heavy atom. The second-order valence-corrected chi connectivity index (χ2v) is 7.40. The summed E-state index contributed by atoms with van der Waals surface area (Å²) in [5.41, 5.74) is 1.39. The molecule has 1 aromatic carbocycles. The monoisotopic (exact) mass is 295 g/mol. The van der Waals surface area contributed by atoms with E-state index in [0.29, 0.717) is 13.2 Å². The highest BCUT2D eigenvalue weighted by atomic mass is 32.2. The van der Waals surface area contributed by atoms with Gasteiger partial charge in [-0.1, -0.05) is 12.1 Å². The first-order valence-electron chi connectivity index (χ1n) is 7.26. The minimum absolute atomic E-state index is 0.0166. The largest absolute Gasteiger partial charge is 0.490 e. The van der Waals surface area contributed by atoms with Crippen molar-refractivity contribution in [3.63, 3.8) is 0 Å². The molecule has 0 radical (unpaired) electrons. The van der Waals surface area contributed by atoms with Gasteiger partial charge in [-0.05, 0) is 51.0 Å². The summed E-state index contributed by atoms with van der Waals surface area (Å²) < 4.78 is 5.82. The number of thioether (sulfide) groups is 1. The fourth-order valence-electron chi connectivity index (χ4n) is 2.14. The van der Waals surface area contributed by atoms with Crippen molar-refractivity contribution in [3.05, 3.63) is 23.8 Å². The van der Waals surface area contributed by atoms with Crippen molar-refractivity contribution >= 4 is 11.8 Å². The van der Waals surface area contributed by atoms with E-state index >= 15 is 0 Å².